The van der Waals surface area contributed by atoms with Crippen molar-refractivity contribution in [1.29, 1.82) is 5.26 Å². The number of hydrogen-bond donors (Lipinski definition) is 0. The summed E-state index contributed by atoms with van der Waals surface area (Å²) in [4.78, 5) is 0. The first-order valence-electron chi connectivity index (χ1n) is 6.55. The first-order chi connectivity index (χ1) is 10.6. The zero-order valence-corrected chi connectivity index (χ0v) is 13.3. The van der Waals surface area contributed by atoms with Crippen LogP contribution in [-0.4, -0.2) is 6.61 Å². The van der Waals surface area contributed by atoms with E-state index in [1.54, 1.807) is 30.4 Å². The molecule has 4 heteroatoms. The molecule has 0 aliphatic heterocycles. The summed E-state index contributed by atoms with van der Waals surface area (Å²) >= 11 is 3.43. The molecule has 22 heavy (non-hydrogen) atoms. The lowest BCUT2D eigenvalue weighted by Gasteiger charge is -2.07. The maximum atomic E-state index is 13.3. The fourth-order valence-corrected chi connectivity index (χ4v) is 2.39. The molecule has 0 unspecified atom stereocenters. The fourth-order valence-electron chi connectivity index (χ4n) is 1.88. The summed E-state index contributed by atoms with van der Waals surface area (Å²) in [5.74, 6) is 0.328. The SMILES string of the molecule is C=CCOc1ccc(C=C(C#N)c2cccc(F)c2)cc1Br. The Morgan fingerprint density at radius 3 is 2.77 bits per heavy atom. The summed E-state index contributed by atoms with van der Waals surface area (Å²) in [6.45, 7) is 4.01. The predicted molar refractivity (Wildman–Crippen MR) is 89.7 cm³/mol. The van der Waals surface area contributed by atoms with Gasteiger partial charge in [0.1, 0.15) is 18.2 Å². The largest absolute Gasteiger partial charge is 0.488 e. The number of halogens is 2. The van der Waals surface area contributed by atoms with Crippen molar-refractivity contribution in [3.63, 3.8) is 0 Å². The predicted octanol–water partition coefficient (Wildman–Crippen LogP) is 5.22. The van der Waals surface area contributed by atoms with Crippen LogP contribution in [0.25, 0.3) is 11.6 Å². The van der Waals surface area contributed by atoms with E-state index in [2.05, 4.69) is 28.6 Å². The third-order valence-electron chi connectivity index (χ3n) is 2.88. The molecule has 2 aromatic carbocycles. The van der Waals surface area contributed by atoms with Crippen molar-refractivity contribution in [3.05, 3.63) is 76.5 Å². The highest BCUT2D eigenvalue weighted by Gasteiger charge is 2.05. The van der Waals surface area contributed by atoms with Crippen LogP contribution >= 0.6 is 15.9 Å². The molecule has 0 bridgehead atoms. The van der Waals surface area contributed by atoms with Gasteiger partial charge in [-0.1, -0.05) is 30.9 Å². The minimum Gasteiger partial charge on any atom is -0.488 e. The van der Waals surface area contributed by atoms with E-state index in [9.17, 15) is 9.65 Å². The number of rotatable bonds is 5. The van der Waals surface area contributed by atoms with Gasteiger partial charge in [0.05, 0.1) is 16.1 Å². The third-order valence-corrected chi connectivity index (χ3v) is 3.50. The highest BCUT2D eigenvalue weighted by atomic mass is 79.9. The molecule has 0 radical (unpaired) electrons. The van der Waals surface area contributed by atoms with E-state index in [-0.39, 0.29) is 5.82 Å². The number of hydrogen-bond acceptors (Lipinski definition) is 2. The molecule has 0 amide bonds. The summed E-state index contributed by atoms with van der Waals surface area (Å²) in [7, 11) is 0. The Bertz CT molecular complexity index is 762. The van der Waals surface area contributed by atoms with Crippen molar-refractivity contribution in [2.24, 2.45) is 0 Å². The summed E-state index contributed by atoms with van der Waals surface area (Å²) in [6.07, 6.45) is 3.37. The average Bonchev–Trinajstić information content (AvgIpc) is 2.51. The van der Waals surface area contributed by atoms with E-state index in [0.29, 0.717) is 23.5 Å². The van der Waals surface area contributed by atoms with E-state index in [1.165, 1.54) is 12.1 Å². The van der Waals surface area contributed by atoms with Crippen LogP contribution < -0.4 is 4.74 Å². The van der Waals surface area contributed by atoms with Crippen LogP contribution in [0, 0.1) is 17.1 Å². The van der Waals surface area contributed by atoms with Crippen LogP contribution in [-0.2, 0) is 0 Å². The lowest BCUT2D eigenvalue weighted by atomic mass is 10.0. The molecule has 0 aliphatic rings. The van der Waals surface area contributed by atoms with Gasteiger partial charge in [-0.05, 0) is 57.4 Å². The van der Waals surface area contributed by atoms with Gasteiger partial charge in [0.25, 0.3) is 0 Å². The maximum Gasteiger partial charge on any atom is 0.133 e. The van der Waals surface area contributed by atoms with Gasteiger partial charge in [0.2, 0.25) is 0 Å². The molecule has 0 aromatic heterocycles. The molecular weight excluding hydrogens is 345 g/mol. The second-order valence-electron chi connectivity index (χ2n) is 4.47. The van der Waals surface area contributed by atoms with Crippen molar-refractivity contribution in [2.45, 2.75) is 0 Å². The van der Waals surface area contributed by atoms with Crippen LogP contribution in [0.4, 0.5) is 4.39 Å². The summed E-state index contributed by atoms with van der Waals surface area (Å²) in [5, 5.41) is 9.28. The topological polar surface area (TPSA) is 33.0 Å². The lowest BCUT2D eigenvalue weighted by Crippen LogP contribution is -1.93. The molecule has 0 spiro atoms. The van der Waals surface area contributed by atoms with Crippen molar-refractivity contribution in [3.8, 4) is 11.8 Å². The van der Waals surface area contributed by atoms with E-state index in [0.717, 1.165) is 10.0 Å². The zero-order chi connectivity index (χ0) is 15.9. The normalized spacial score (nSPS) is 10.9. The van der Waals surface area contributed by atoms with Gasteiger partial charge in [-0.15, -0.1) is 0 Å². The summed E-state index contributed by atoms with van der Waals surface area (Å²) in [5.41, 5.74) is 1.76. The molecule has 0 saturated carbocycles. The van der Waals surface area contributed by atoms with Crippen LogP contribution in [0.5, 0.6) is 5.75 Å². The first-order valence-corrected chi connectivity index (χ1v) is 7.34. The molecule has 0 saturated heterocycles. The van der Waals surface area contributed by atoms with Gasteiger partial charge in [-0.25, -0.2) is 4.39 Å². The average molecular weight is 358 g/mol. The zero-order valence-electron chi connectivity index (χ0n) is 11.7. The molecule has 2 aromatic rings. The van der Waals surface area contributed by atoms with Crippen molar-refractivity contribution >= 4 is 27.6 Å². The van der Waals surface area contributed by atoms with Crippen molar-refractivity contribution in [1.82, 2.24) is 0 Å². The molecule has 2 nitrogen and oxygen atoms in total. The van der Waals surface area contributed by atoms with Gasteiger partial charge in [-0.3, -0.25) is 0 Å². The Morgan fingerprint density at radius 2 is 2.14 bits per heavy atom. The van der Waals surface area contributed by atoms with Gasteiger partial charge in [0.15, 0.2) is 0 Å². The molecule has 0 aliphatic carbocycles. The third kappa shape index (κ3) is 4.06. The monoisotopic (exact) mass is 357 g/mol. The van der Waals surface area contributed by atoms with Crippen LogP contribution in [0.1, 0.15) is 11.1 Å². The number of benzene rings is 2. The summed E-state index contributed by atoms with van der Waals surface area (Å²) in [6, 6.07) is 13.5. The number of nitriles is 1. The Kier molecular flexibility index (Phi) is 5.51. The maximum absolute atomic E-state index is 13.3. The number of allylic oxidation sites excluding steroid dienone is 1. The molecule has 0 atom stereocenters. The Balaban J connectivity index is 2.32. The molecule has 2 rings (SSSR count). The van der Waals surface area contributed by atoms with Crippen molar-refractivity contribution < 1.29 is 9.13 Å². The van der Waals surface area contributed by atoms with Gasteiger partial charge < -0.3 is 4.74 Å². The molecule has 0 fully saturated rings. The lowest BCUT2D eigenvalue weighted by molar-refractivity contribution is 0.361. The van der Waals surface area contributed by atoms with Crippen molar-refractivity contribution in [2.75, 3.05) is 6.61 Å². The Labute approximate surface area is 137 Å². The molecule has 0 heterocycles. The van der Waals surface area contributed by atoms with E-state index in [4.69, 9.17) is 4.74 Å². The van der Waals surface area contributed by atoms with Gasteiger partial charge in [0, 0.05) is 0 Å². The first kappa shape index (κ1) is 16.0. The second kappa shape index (κ2) is 7.58. The quantitative estimate of drug-likeness (QED) is 0.417. The molecular formula is C18H13BrFNO. The highest BCUT2D eigenvalue weighted by Crippen LogP contribution is 2.28. The fraction of sp³-hybridized carbons (Fsp3) is 0.0556. The van der Waals surface area contributed by atoms with E-state index in [1.807, 2.05) is 12.1 Å². The smallest absolute Gasteiger partial charge is 0.133 e. The minimum atomic E-state index is -0.368. The van der Waals surface area contributed by atoms with E-state index < -0.39 is 0 Å². The number of nitrogens with zero attached hydrogens (tertiary/aromatic N) is 1. The van der Waals surface area contributed by atoms with E-state index >= 15 is 0 Å². The van der Waals surface area contributed by atoms with Crippen LogP contribution in [0.15, 0.2) is 59.6 Å². The standard InChI is InChI=1S/C18H13BrFNO/c1-2-8-22-18-7-6-13(10-17(18)19)9-15(12-21)14-4-3-5-16(20)11-14/h2-7,9-11H,1,8H2. The van der Waals surface area contributed by atoms with Crippen LogP contribution in [0.3, 0.4) is 0 Å². The molecule has 110 valence electrons. The van der Waals surface area contributed by atoms with Gasteiger partial charge >= 0.3 is 0 Å². The Morgan fingerprint density at radius 1 is 1.32 bits per heavy atom. The van der Waals surface area contributed by atoms with Crippen LogP contribution in [0.2, 0.25) is 0 Å². The second-order valence-corrected chi connectivity index (χ2v) is 5.32. The van der Waals surface area contributed by atoms with Gasteiger partial charge in [-0.2, -0.15) is 5.26 Å². The number of ether oxygens (including phenoxy) is 1. The minimum absolute atomic E-state index is 0.368. The highest BCUT2D eigenvalue weighted by molar-refractivity contribution is 9.10. The molecule has 0 N–H and O–H groups in total. The summed E-state index contributed by atoms with van der Waals surface area (Å²) < 4.78 is 19.5. The Hall–Kier alpha value is -2.38.